The highest BCUT2D eigenvalue weighted by molar-refractivity contribution is 5.65. The van der Waals surface area contributed by atoms with Gasteiger partial charge in [-0.2, -0.15) is 0 Å². The Morgan fingerprint density at radius 1 is 1.29 bits per heavy atom. The van der Waals surface area contributed by atoms with E-state index in [-0.39, 0.29) is 6.04 Å². The maximum Gasteiger partial charge on any atom is 0.180 e. The molecule has 0 saturated carbocycles. The molecule has 3 aromatic rings. The lowest BCUT2D eigenvalue weighted by atomic mass is 10.0. The van der Waals surface area contributed by atoms with Gasteiger partial charge in [0, 0.05) is 12.4 Å². The molecule has 0 spiro atoms. The van der Waals surface area contributed by atoms with Crippen LogP contribution in [0.4, 0.5) is 11.6 Å². The molecule has 4 N–H and O–H groups in total. The summed E-state index contributed by atoms with van der Waals surface area (Å²) in [6.45, 7) is 2.14. The van der Waals surface area contributed by atoms with Crippen LogP contribution in [0.15, 0.2) is 48.9 Å². The minimum Gasteiger partial charge on any atom is -0.360 e. The molecular weight excluding hydrogens is 264 g/mol. The molecule has 0 aliphatic heterocycles. The highest BCUT2D eigenvalue weighted by Gasteiger charge is 2.13. The molecule has 6 heteroatoms. The molecule has 21 heavy (non-hydrogen) atoms. The quantitative estimate of drug-likeness (QED) is 0.495. The van der Waals surface area contributed by atoms with Crippen LogP contribution in [0.25, 0.3) is 5.65 Å². The van der Waals surface area contributed by atoms with Crippen LogP contribution in [-0.2, 0) is 0 Å². The number of hydrogen-bond acceptors (Lipinski definition) is 5. The first kappa shape index (κ1) is 13.4. The number of rotatable bonds is 5. The van der Waals surface area contributed by atoms with Gasteiger partial charge in [-0.15, -0.1) is 0 Å². The molecule has 3 rings (SSSR count). The first-order valence-corrected chi connectivity index (χ1v) is 6.93. The van der Waals surface area contributed by atoms with Crippen molar-refractivity contribution < 1.29 is 0 Å². The highest BCUT2D eigenvalue weighted by Crippen LogP contribution is 2.24. The third-order valence-corrected chi connectivity index (χ3v) is 3.44. The highest BCUT2D eigenvalue weighted by atomic mass is 15.3. The summed E-state index contributed by atoms with van der Waals surface area (Å²) in [5.74, 6) is 6.78. The number of hydrogen-bond donors (Lipinski definition) is 3. The van der Waals surface area contributed by atoms with Gasteiger partial charge in [-0.1, -0.05) is 37.3 Å². The normalized spacial score (nSPS) is 12.3. The minimum absolute atomic E-state index is 0.173. The first-order valence-electron chi connectivity index (χ1n) is 6.93. The number of benzene rings is 1. The van der Waals surface area contributed by atoms with E-state index in [9.17, 15) is 0 Å². The van der Waals surface area contributed by atoms with Crippen molar-refractivity contribution in [3.63, 3.8) is 0 Å². The van der Waals surface area contributed by atoms with Crippen LogP contribution in [0.1, 0.15) is 24.9 Å². The van der Waals surface area contributed by atoms with E-state index in [1.807, 2.05) is 28.8 Å². The average Bonchev–Trinajstić information content (AvgIpc) is 3.01. The molecule has 0 amide bonds. The van der Waals surface area contributed by atoms with Gasteiger partial charge in [-0.05, 0) is 12.0 Å². The molecule has 1 aromatic carbocycles. The number of nitrogens with zero attached hydrogens (tertiary/aromatic N) is 3. The molecule has 108 valence electrons. The van der Waals surface area contributed by atoms with Crippen molar-refractivity contribution in [2.45, 2.75) is 19.4 Å². The molecule has 6 nitrogen and oxygen atoms in total. The molecule has 2 aromatic heterocycles. The van der Waals surface area contributed by atoms with Crippen molar-refractivity contribution in [3.05, 3.63) is 54.5 Å². The van der Waals surface area contributed by atoms with Gasteiger partial charge in [0.25, 0.3) is 0 Å². The molecule has 2 heterocycles. The van der Waals surface area contributed by atoms with Crippen LogP contribution in [0, 0.1) is 0 Å². The zero-order valence-corrected chi connectivity index (χ0v) is 11.8. The van der Waals surface area contributed by atoms with Crippen molar-refractivity contribution in [1.82, 2.24) is 14.4 Å². The van der Waals surface area contributed by atoms with Crippen molar-refractivity contribution in [1.29, 1.82) is 0 Å². The van der Waals surface area contributed by atoms with Crippen molar-refractivity contribution in [3.8, 4) is 0 Å². The minimum atomic E-state index is 0.173. The van der Waals surface area contributed by atoms with Crippen LogP contribution in [0.5, 0.6) is 0 Å². The van der Waals surface area contributed by atoms with Crippen molar-refractivity contribution in [2.24, 2.45) is 5.84 Å². The summed E-state index contributed by atoms with van der Waals surface area (Å²) in [6.07, 6.45) is 6.36. The number of fused-ring (bicyclic) bond motifs is 1. The second-order valence-corrected chi connectivity index (χ2v) is 4.79. The Hall–Kier alpha value is -2.60. The SMILES string of the molecule is CCC(Nc1nc(NN)cn2ccnc12)c1ccccc1. The number of imidazole rings is 1. The van der Waals surface area contributed by atoms with E-state index < -0.39 is 0 Å². The van der Waals surface area contributed by atoms with E-state index in [0.29, 0.717) is 11.6 Å². The summed E-state index contributed by atoms with van der Waals surface area (Å²) in [4.78, 5) is 8.82. The zero-order valence-electron chi connectivity index (χ0n) is 11.8. The number of hydrazine groups is 1. The van der Waals surface area contributed by atoms with E-state index in [2.05, 4.69) is 39.8 Å². The molecule has 1 unspecified atom stereocenters. The molecule has 1 atom stereocenters. The van der Waals surface area contributed by atoms with E-state index in [1.165, 1.54) is 5.56 Å². The summed E-state index contributed by atoms with van der Waals surface area (Å²) in [5.41, 5.74) is 4.58. The molecule has 0 aliphatic carbocycles. The van der Waals surface area contributed by atoms with Gasteiger partial charge in [0.15, 0.2) is 17.3 Å². The number of nitrogens with two attached hydrogens (primary N) is 1. The molecule has 0 radical (unpaired) electrons. The number of nitrogens with one attached hydrogen (secondary N) is 2. The topological polar surface area (TPSA) is 80.3 Å². The summed E-state index contributed by atoms with van der Waals surface area (Å²) >= 11 is 0. The lowest BCUT2D eigenvalue weighted by molar-refractivity contribution is 0.744. The molecule has 0 bridgehead atoms. The van der Waals surface area contributed by atoms with E-state index in [0.717, 1.165) is 12.1 Å². The molecule has 0 fully saturated rings. The Balaban J connectivity index is 1.98. The average molecular weight is 282 g/mol. The van der Waals surface area contributed by atoms with E-state index >= 15 is 0 Å². The number of nitrogen functional groups attached to an aromatic ring is 1. The van der Waals surface area contributed by atoms with Crippen molar-refractivity contribution >= 4 is 17.3 Å². The maximum absolute atomic E-state index is 5.48. The van der Waals surface area contributed by atoms with Crippen LogP contribution < -0.4 is 16.6 Å². The summed E-state index contributed by atoms with van der Waals surface area (Å²) in [7, 11) is 0. The molecule has 0 aliphatic rings. The Morgan fingerprint density at radius 2 is 2.10 bits per heavy atom. The van der Waals surface area contributed by atoms with Crippen LogP contribution in [0.3, 0.4) is 0 Å². The Bertz CT molecular complexity index is 721. The van der Waals surface area contributed by atoms with E-state index in [1.54, 1.807) is 12.4 Å². The standard InChI is InChI=1S/C15H18N6/c1-2-12(11-6-4-3-5-7-11)18-14-15-17-8-9-21(15)10-13(19-14)20-16/h3-10,12,20H,2,16H2,1H3,(H,18,19). The zero-order chi connectivity index (χ0) is 14.7. The Morgan fingerprint density at radius 3 is 2.81 bits per heavy atom. The maximum atomic E-state index is 5.48. The summed E-state index contributed by atoms with van der Waals surface area (Å²) < 4.78 is 1.89. The smallest absolute Gasteiger partial charge is 0.180 e. The van der Waals surface area contributed by atoms with Gasteiger partial charge in [-0.3, -0.25) is 0 Å². The van der Waals surface area contributed by atoms with Gasteiger partial charge in [-0.25, -0.2) is 15.8 Å². The number of anilines is 2. The van der Waals surface area contributed by atoms with Crippen molar-refractivity contribution in [2.75, 3.05) is 10.7 Å². The predicted octanol–water partition coefficient (Wildman–Crippen LogP) is 2.58. The summed E-state index contributed by atoms with van der Waals surface area (Å²) in [5, 5.41) is 3.46. The monoisotopic (exact) mass is 282 g/mol. The molecular formula is C15H18N6. The van der Waals surface area contributed by atoms with Gasteiger partial charge in [0.1, 0.15) is 0 Å². The van der Waals surface area contributed by atoms with Crippen LogP contribution >= 0.6 is 0 Å². The summed E-state index contributed by atoms with van der Waals surface area (Å²) in [6, 6.07) is 10.5. The Kier molecular flexibility index (Phi) is 3.70. The van der Waals surface area contributed by atoms with Gasteiger partial charge >= 0.3 is 0 Å². The Labute approximate surface area is 123 Å². The van der Waals surface area contributed by atoms with Crippen LogP contribution in [0.2, 0.25) is 0 Å². The fourth-order valence-electron chi connectivity index (χ4n) is 2.37. The van der Waals surface area contributed by atoms with E-state index in [4.69, 9.17) is 5.84 Å². The molecule has 0 saturated heterocycles. The lowest BCUT2D eigenvalue weighted by Crippen LogP contribution is -2.15. The lowest BCUT2D eigenvalue weighted by Gasteiger charge is -2.19. The van der Waals surface area contributed by atoms with Gasteiger partial charge in [0.2, 0.25) is 0 Å². The fourth-order valence-corrected chi connectivity index (χ4v) is 2.37. The first-order chi connectivity index (χ1) is 10.3. The second kappa shape index (κ2) is 5.80. The van der Waals surface area contributed by atoms with Crippen LogP contribution in [-0.4, -0.2) is 14.4 Å². The second-order valence-electron chi connectivity index (χ2n) is 4.79. The number of aromatic nitrogens is 3. The third-order valence-electron chi connectivity index (χ3n) is 3.44. The predicted molar refractivity (Wildman–Crippen MR) is 83.9 cm³/mol. The largest absolute Gasteiger partial charge is 0.360 e. The third kappa shape index (κ3) is 2.66. The fraction of sp³-hybridized carbons (Fsp3) is 0.200. The van der Waals surface area contributed by atoms with Gasteiger partial charge < -0.3 is 15.1 Å². The van der Waals surface area contributed by atoms with Gasteiger partial charge in [0.05, 0.1) is 12.2 Å².